The Balaban J connectivity index is -0.000000107. The number of hydrogen-bond acceptors (Lipinski definition) is 3. The molecule has 0 spiro atoms. The Kier molecular flexibility index (Phi) is 23.0. The van der Waals surface area contributed by atoms with Crippen LogP contribution in [0.15, 0.2) is 0 Å². The fourth-order valence-electron chi connectivity index (χ4n) is 0. The van der Waals surface area contributed by atoms with Crippen molar-refractivity contribution < 1.29 is 29.6 Å². The molecule has 2 N–H and O–H groups in total. The maximum Gasteiger partial charge on any atom is 1.00 e. The average Bonchev–Trinajstić information content (AvgIpc) is 1.89. The molecule has 0 aromatic rings. The molecule has 0 heterocycles. The molecule has 0 aliphatic carbocycles. The van der Waals surface area contributed by atoms with Crippen LogP contribution < -0.4 is 40.2 Å². The maximum absolute atomic E-state index is 4.45. The molecule has 0 amide bonds. The molecule has 0 fully saturated rings. The van der Waals surface area contributed by atoms with Crippen molar-refractivity contribution in [1.82, 2.24) is 10.6 Å². The molecule has 0 radical (unpaired) electrons. The molecule has 11 heavy (non-hydrogen) atoms. The number of hydrogen-bond donors (Lipinski definition) is 3. The molecule has 0 unspecified atom stereocenters. The van der Waals surface area contributed by atoms with E-state index in [0.717, 1.165) is 0 Å². The quantitative estimate of drug-likeness (QED) is 0.186. The average molecular weight is 236 g/mol. The summed E-state index contributed by atoms with van der Waals surface area (Å²) in [7, 11) is 3.44. The molecule has 0 aromatic heterocycles. The van der Waals surface area contributed by atoms with Crippen LogP contribution in [-0.4, -0.2) is 22.7 Å². The first kappa shape index (κ1) is 18.2. The molecule has 0 aliphatic heterocycles. The van der Waals surface area contributed by atoms with Crippen LogP contribution in [0, 0.1) is 0 Å². The van der Waals surface area contributed by atoms with E-state index in [4.69, 9.17) is 0 Å². The van der Waals surface area contributed by atoms with Crippen LogP contribution in [0.3, 0.4) is 0 Å². The maximum atomic E-state index is 4.45. The Labute approximate surface area is 111 Å². The van der Waals surface area contributed by atoms with E-state index in [2.05, 4.69) is 60.3 Å². The van der Waals surface area contributed by atoms with Gasteiger partial charge in [-0.25, -0.2) is 0 Å². The zero-order valence-electron chi connectivity index (χ0n) is 6.67. The van der Waals surface area contributed by atoms with Crippen molar-refractivity contribution in [2.75, 3.05) is 14.1 Å². The van der Waals surface area contributed by atoms with E-state index in [1.54, 1.807) is 14.1 Å². The van der Waals surface area contributed by atoms with E-state index in [0.29, 0.717) is 8.64 Å². The van der Waals surface area contributed by atoms with Gasteiger partial charge < -0.3 is 35.5 Å². The Morgan fingerprint density at radius 3 is 1.45 bits per heavy atom. The van der Waals surface area contributed by atoms with E-state index >= 15 is 0 Å². The number of thiocarbonyl (C=S) groups is 2. The van der Waals surface area contributed by atoms with Gasteiger partial charge in [0.2, 0.25) is 0 Å². The number of nitrogens with one attached hydrogen (secondary N) is 2. The van der Waals surface area contributed by atoms with Crippen molar-refractivity contribution >= 4 is 58.3 Å². The van der Waals surface area contributed by atoms with Crippen LogP contribution in [0.5, 0.6) is 0 Å². The standard InChI is InChI=1S/2C2H5NS2.Na/c2*1-3-2(4)5;/h2*1H3,(H2,3,4,5);/q;;+1/p-1. The Morgan fingerprint density at radius 1 is 1.27 bits per heavy atom. The van der Waals surface area contributed by atoms with Crippen molar-refractivity contribution in [2.24, 2.45) is 0 Å². The molecule has 0 aliphatic rings. The minimum atomic E-state index is 0. The van der Waals surface area contributed by atoms with Gasteiger partial charge >= 0.3 is 29.6 Å². The second-order valence-electron chi connectivity index (χ2n) is 1.09. The van der Waals surface area contributed by atoms with Gasteiger partial charge in [0, 0.05) is 14.1 Å². The zero-order chi connectivity index (χ0) is 8.57. The first-order valence-corrected chi connectivity index (χ1v) is 4.01. The van der Waals surface area contributed by atoms with Crippen LogP contribution in [0.1, 0.15) is 0 Å². The smallest absolute Gasteiger partial charge is 0.412 e. The zero-order valence-corrected chi connectivity index (χ0v) is 12.0. The van der Waals surface area contributed by atoms with Gasteiger partial charge in [0.05, 0.1) is 0 Å². The third-order valence-corrected chi connectivity index (χ3v) is 1.25. The van der Waals surface area contributed by atoms with Gasteiger partial charge in [-0.3, -0.25) is 0 Å². The van der Waals surface area contributed by atoms with E-state index < -0.39 is 0 Å². The third kappa shape index (κ3) is 34.7. The Bertz CT molecular complexity index is 105. The molecule has 0 bridgehead atoms. The number of thiol groups is 1. The van der Waals surface area contributed by atoms with Crippen molar-refractivity contribution in [3.63, 3.8) is 0 Å². The van der Waals surface area contributed by atoms with E-state index in [1.807, 2.05) is 0 Å². The predicted molar refractivity (Wildman–Crippen MR) is 59.7 cm³/mol. The molecule has 0 rings (SSSR count). The fourth-order valence-corrected chi connectivity index (χ4v) is 0. The van der Waals surface area contributed by atoms with Gasteiger partial charge in [-0.15, -0.1) is 12.6 Å². The third-order valence-electron chi connectivity index (χ3n) is 0.418. The van der Waals surface area contributed by atoms with Gasteiger partial charge in [0.25, 0.3) is 0 Å². The van der Waals surface area contributed by atoms with Gasteiger partial charge in [-0.1, -0.05) is 16.5 Å². The van der Waals surface area contributed by atoms with E-state index in [-0.39, 0.29) is 29.6 Å². The molecule has 0 aromatic carbocycles. The van der Waals surface area contributed by atoms with Gasteiger partial charge in [-0.2, -0.15) is 0 Å². The molecular weight excluding hydrogens is 227 g/mol. The summed E-state index contributed by atoms with van der Waals surface area (Å²) in [5.74, 6) is 0. The van der Waals surface area contributed by atoms with E-state index in [9.17, 15) is 0 Å². The topological polar surface area (TPSA) is 24.1 Å². The SMILES string of the molecule is CNC(=S)S.CNC(=S)[S-].[Na+]. The minimum Gasteiger partial charge on any atom is -0.412 e. The molecule has 0 atom stereocenters. The summed E-state index contributed by atoms with van der Waals surface area (Å²) in [5.41, 5.74) is 0. The number of rotatable bonds is 0. The summed E-state index contributed by atoms with van der Waals surface area (Å²) in [6, 6.07) is 0. The first-order chi connectivity index (χ1) is 4.54. The van der Waals surface area contributed by atoms with Crippen LogP contribution in [0.2, 0.25) is 0 Å². The van der Waals surface area contributed by atoms with Crippen LogP contribution in [-0.2, 0) is 12.6 Å². The molecule has 7 heteroatoms. The molecule has 60 valence electrons. The summed E-state index contributed by atoms with van der Waals surface area (Å²) in [6.45, 7) is 0. The second-order valence-corrected chi connectivity index (χ2v) is 3.33. The van der Waals surface area contributed by atoms with Gasteiger partial charge in [0.15, 0.2) is 0 Å². The molecule has 0 saturated heterocycles. The monoisotopic (exact) mass is 236 g/mol. The predicted octanol–water partition coefficient (Wildman–Crippen LogP) is -2.54. The summed E-state index contributed by atoms with van der Waals surface area (Å²) in [5, 5.41) is 5.20. The van der Waals surface area contributed by atoms with Crippen LogP contribution in [0.4, 0.5) is 0 Å². The summed E-state index contributed by atoms with van der Waals surface area (Å²) in [4.78, 5) is 0. The van der Waals surface area contributed by atoms with Crippen molar-refractivity contribution in [3.05, 3.63) is 0 Å². The second kappa shape index (κ2) is 13.9. The first-order valence-electron chi connectivity index (χ1n) is 2.34. The van der Waals surface area contributed by atoms with Crippen molar-refractivity contribution in [1.29, 1.82) is 0 Å². The van der Waals surface area contributed by atoms with E-state index in [1.165, 1.54) is 0 Å². The Hall–Kier alpha value is 1.35. The van der Waals surface area contributed by atoms with Crippen LogP contribution in [0.25, 0.3) is 0 Å². The van der Waals surface area contributed by atoms with Crippen molar-refractivity contribution in [2.45, 2.75) is 0 Å². The van der Waals surface area contributed by atoms with Crippen molar-refractivity contribution in [3.8, 4) is 0 Å². The summed E-state index contributed by atoms with van der Waals surface area (Å²) < 4.78 is 0.954. The molecule has 0 saturated carbocycles. The fraction of sp³-hybridized carbons (Fsp3) is 0.500. The summed E-state index contributed by atoms with van der Waals surface area (Å²) in [6.07, 6.45) is 0. The molecular formula is C4H9N2NaS4. The van der Waals surface area contributed by atoms with Gasteiger partial charge in [0.1, 0.15) is 4.32 Å². The molecule has 2 nitrogen and oxygen atoms in total. The minimum absolute atomic E-state index is 0. The normalized spacial score (nSPS) is 6.09. The Morgan fingerprint density at radius 2 is 1.45 bits per heavy atom. The van der Waals surface area contributed by atoms with Gasteiger partial charge in [-0.05, 0) is 0 Å². The largest absolute Gasteiger partial charge is 1.00 e. The summed E-state index contributed by atoms with van der Waals surface area (Å²) >= 11 is 17.0. The van der Waals surface area contributed by atoms with Crippen LogP contribution >= 0.6 is 37.1 Å².